The molecule has 1 aromatic carbocycles. The lowest BCUT2D eigenvalue weighted by molar-refractivity contribution is 0.207. The van der Waals surface area contributed by atoms with Gasteiger partial charge in [0, 0.05) is 36.3 Å². The molecule has 6 heteroatoms. The number of nitrogens with two attached hydrogens (primary N) is 1. The number of sulfonamides is 1. The first kappa shape index (κ1) is 12.5. The van der Waals surface area contributed by atoms with E-state index in [4.69, 9.17) is 5.73 Å². The molecular weight excluding hydrogens is 262 g/mol. The van der Waals surface area contributed by atoms with Gasteiger partial charge in [-0.1, -0.05) is 12.1 Å². The van der Waals surface area contributed by atoms with Crippen LogP contribution >= 0.6 is 0 Å². The molecule has 1 aromatic heterocycles. The summed E-state index contributed by atoms with van der Waals surface area (Å²) in [6.45, 7) is 1.56. The van der Waals surface area contributed by atoms with Crippen LogP contribution in [0.15, 0.2) is 41.6 Å². The van der Waals surface area contributed by atoms with Crippen molar-refractivity contribution < 1.29 is 8.42 Å². The van der Waals surface area contributed by atoms with Gasteiger partial charge in [0.25, 0.3) is 0 Å². The van der Waals surface area contributed by atoms with Crippen molar-refractivity contribution >= 4 is 20.8 Å². The second-order valence-corrected chi connectivity index (χ2v) is 6.68. The first-order chi connectivity index (χ1) is 9.13. The summed E-state index contributed by atoms with van der Waals surface area (Å²) < 4.78 is 26.6. The molecule has 1 aliphatic rings. The van der Waals surface area contributed by atoms with Crippen molar-refractivity contribution in [3.8, 4) is 0 Å². The minimum absolute atomic E-state index is 0.284. The van der Waals surface area contributed by atoms with Crippen LogP contribution in [0.4, 0.5) is 0 Å². The Kier molecular flexibility index (Phi) is 3.00. The maximum absolute atomic E-state index is 12.6. The van der Waals surface area contributed by atoms with E-state index < -0.39 is 10.0 Å². The van der Waals surface area contributed by atoms with Crippen LogP contribution < -0.4 is 5.73 Å². The molecule has 0 saturated carbocycles. The van der Waals surface area contributed by atoms with E-state index in [0.717, 1.165) is 5.39 Å². The van der Waals surface area contributed by atoms with Gasteiger partial charge in [-0.15, -0.1) is 0 Å². The van der Waals surface area contributed by atoms with Gasteiger partial charge in [-0.2, -0.15) is 4.31 Å². The molecule has 100 valence electrons. The van der Waals surface area contributed by atoms with Crippen molar-refractivity contribution in [3.05, 3.63) is 36.7 Å². The molecular formula is C13H15N3O2S. The summed E-state index contributed by atoms with van der Waals surface area (Å²) in [6, 6.07) is 6.99. The number of fused-ring (bicyclic) bond motifs is 1. The third-order valence-electron chi connectivity index (χ3n) is 3.52. The number of benzene rings is 1. The molecule has 0 amide bonds. The van der Waals surface area contributed by atoms with Crippen LogP contribution in [0.5, 0.6) is 0 Å². The monoisotopic (exact) mass is 277 g/mol. The normalized spacial score (nSPS) is 17.5. The standard InChI is InChI=1S/C13H15N3O2S/c14-6-10-8-16(9-10)19(17,18)13-3-1-2-11-7-15-5-4-12(11)13/h1-5,7,10H,6,8-9,14H2. The number of nitrogens with zero attached hydrogens (tertiary/aromatic N) is 2. The SMILES string of the molecule is NCC1CN(S(=O)(=O)c2cccc3cnccc23)C1. The average molecular weight is 277 g/mol. The number of pyridine rings is 1. The van der Waals surface area contributed by atoms with Gasteiger partial charge in [0.15, 0.2) is 0 Å². The molecule has 19 heavy (non-hydrogen) atoms. The van der Waals surface area contributed by atoms with Crippen LogP contribution in [0.25, 0.3) is 10.8 Å². The van der Waals surface area contributed by atoms with Crippen LogP contribution in [-0.2, 0) is 10.0 Å². The molecule has 0 bridgehead atoms. The van der Waals surface area contributed by atoms with Crippen LogP contribution in [0.2, 0.25) is 0 Å². The van der Waals surface area contributed by atoms with Crippen molar-refractivity contribution in [1.29, 1.82) is 0 Å². The lowest BCUT2D eigenvalue weighted by atomic mass is 10.0. The van der Waals surface area contributed by atoms with Crippen molar-refractivity contribution in [2.24, 2.45) is 11.7 Å². The molecule has 0 spiro atoms. The molecule has 3 rings (SSSR count). The van der Waals surface area contributed by atoms with Gasteiger partial charge in [0.05, 0.1) is 4.90 Å². The molecule has 0 aliphatic carbocycles. The topological polar surface area (TPSA) is 76.3 Å². The highest BCUT2D eigenvalue weighted by atomic mass is 32.2. The number of rotatable bonds is 3. The van der Waals surface area contributed by atoms with Crippen molar-refractivity contribution in [2.45, 2.75) is 4.90 Å². The molecule has 2 aromatic rings. The Hall–Kier alpha value is -1.50. The highest BCUT2D eigenvalue weighted by Crippen LogP contribution is 2.29. The lowest BCUT2D eigenvalue weighted by Gasteiger charge is -2.37. The summed E-state index contributed by atoms with van der Waals surface area (Å²) in [5.74, 6) is 0.284. The number of hydrogen-bond acceptors (Lipinski definition) is 4. The highest BCUT2D eigenvalue weighted by Gasteiger charge is 2.36. The first-order valence-electron chi connectivity index (χ1n) is 6.16. The second-order valence-electron chi connectivity index (χ2n) is 4.78. The van der Waals surface area contributed by atoms with Crippen molar-refractivity contribution in [3.63, 3.8) is 0 Å². The van der Waals surface area contributed by atoms with E-state index in [2.05, 4.69) is 4.98 Å². The summed E-state index contributed by atoms with van der Waals surface area (Å²) in [4.78, 5) is 4.37. The third kappa shape index (κ3) is 2.01. The molecule has 1 aliphatic heterocycles. The summed E-state index contributed by atoms with van der Waals surface area (Å²) in [7, 11) is -3.42. The fraction of sp³-hybridized carbons (Fsp3) is 0.308. The Morgan fingerprint density at radius 3 is 2.84 bits per heavy atom. The summed E-state index contributed by atoms with van der Waals surface area (Å²) in [5.41, 5.74) is 5.54. The van der Waals surface area contributed by atoms with Gasteiger partial charge in [-0.05, 0) is 24.6 Å². The fourth-order valence-corrected chi connectivity index (χ4v) is 4.13. The highest BCUT2D eigenvalue weighted by molar-refractivity contribution is 7.89. The molecule has 0 unspecified atom stereocenters. The maximum Gasteiger partial charge on any atom is 0.243 e. The van der Waals surface area contributed by atoms with E-state index in [-0.39, 0.29) is 5.92 Å². The summed E-state index contributed by atoms with van der Waals surface area (Å²) in [5, 5.41) is 1.55. The largest absolute Gasteiger partial charge is 0.330 e. The Labute approximate surface area is 112 Å². The Bertz CT molecular complexity index is 703. The molecule has 2 heterocycles. The predicted molar refractivity (Wildman–Crippen MR) is 73.0 cm³/mol. The van der Waals surface area contributed by atoms with Crippen LogP contribution in [-0.4, -0.2) is 37.3 Å². The zero-order valence-corrected chi connectivity index (χ0v) is 11.2. The molecule has 1 saturated heterocycles. The van der Waals surface area contributed by atoms with E-state index in [9.17, 15) is 8.42 Å². The smallest absolute Gasteiger partial charge is 0.243 e. The van der Waals surface area contributed by atoms with Gasteiger partial charge >= 0.3 is 0 Å². The number of hydrogen-bond donors (Lipinski definition) is 1. The van der Waals surface area contributed by atoms with Crippen LogP contribution in [0.3, 0.4) is 0 Å². The minimum atomic E-state index is -3.42. The maximum atomic E-state index is 12.6. The van der Waals surface area contributed by atoms with Crippen molar-refractivity contribution in [2.75, 3.05) is 19.6 Å². The molecule has 1 fully saturated rings. The predicted octanol–water partition coefficient (Wildman–Crippen LogP) is 0.814. The summed E-state index contributed by atoms with van der Waals surface area (Å²) >= 11 is 0. The Balaban J connectivity index is 2.05. The quantitative estimate of drug-likeness (QED) is 0.901. The van der Waals surface area contributed by atoms with Gasteiger partial charge in [0.1, 0.15) is 0 Å². The van der Waals surface area contributed by atoms with E-state index >= 15 is 0 Å². The molecule has 0 radical (unpaired) electrons. The van der Waals surface area contributed by atoms with Crippen LogP contribution in [0, 0.1) is 5.92 Å². The lowest BCUT2D eigenvalue weighted by Crippen LogP contribution is -2.52. The van der Waals surface area contributed by atoms with Gasteiger partial charge < -0.3 is 5.73 Å². The molecule has 2 N–H and O–H groups in total. The van der Waals surface area contributed by atoms with Crippen LogP contribution in [0.1, 0.15) is 0 Å². The summed E-state index contributed by atoms with van der Waals surface area (Å²) in [6.07, 6.45) is 3.29. The van der Waals surface area contributed by atoms with Crippen molar-refractivity contribution in [1.82, 2.24) is 9.29 Å². The zero-order chi connectivity index (χ0) is 13.5. The first-order valence-corrected chi connectivity index (χ1v) is 7.60. The second kappa shape index (κ2) is 4.56. The average Bonchev–Trinajstić information content (AvgIpc) is 2.36. The third-order valence-corrected chi connectivity index (χ3v) is 5.41. The van der Waals surface area contributed by atoms with E-state index in [1.807, 2.05) is 6.07 Å². The fourth-order valence-electron chi connectivity index (χ4n) is 2.32. The molecule has 0 atom stereocenters. The molecule has 5 nitrogen and oxygen atoms in total. The van der Waals surface area contributed by atoms with Gasteiger partial charge in [-0.25, -0.2) is 8.42 Å². The van der Waals surface area contributed by atoms with E-state index in [1.54, 1.807) is 30.6 Å². The van der Waals surface area contributed by atoms with Gasteiger partial charge in [0.2, 0.25) is 10.0 Å². The van der Waals surface area contributed by atoms with E-state index in [1.165, 1.54) is 4.31 Å². The zero-order valence-electron chi connectivity index (χ0n) is 10.4. The Morgan fingerprint density at radius 2 is 2.11 bits per heavy atom. The number of aromatic nitrogens is 1. The minimum Gasteiger partial charge on any atom is -0.330 e. The Morgan fingerprint density at radius 1 is 1.32 bits per heavy atom. The van der Waals surface area contributed by atoms with E-state index in [0.29, 0.717) is 29.9 Å². The van der Waals surface area contributed by atoms with Gasteiger partial charge in [-0.3, -0.25) is 4.98 Å².